The van der Waals surface area contributed by atoms with Gasteiger partial charge in [0.05, 0.1) is 22.2 Å². The first-order valence-electron chi connectivity index (χ1n) is 9.12. The van der Waals surface area contributed by atoms with E-state index in [9.17, 15) is 19.5 Å². The number of benzene rings is 2. The van der Waals surface area contributed by atoms with Crippen LogP contribution in [-0.2, 0) is 4.79 Å². The quantitative estimate of drug-likeness (QED) is 0.515. The molecule has 0 unspecified atom stereocenters. The summed E-state index contributed by atoms with van der Waals surface area (Å²) in [5.74, 6) is -1.70. The van der Waals surface area contributed by atoms with E-state index in [2.05, 4.69) is 27.7 Å². The predicted octanol–water partition coefficient (Wildman–Crippen LogP) is 2.45. The summed E-state index contributed by atoms with van der Waals surface area (Å²) >= 11 is 12.6. The Morgan fingerprint density at radius 1 is 1.13 bits per heavy atom. The first kappa shape index (κ1) is 21.7. The van der Waals surface area contributed by atoms with E-state index < -0.39 is 23.9 Å². The van der Waals surface area contributed by atoms with E-state index in [1.165, 1.54) is 5.56 Å². The number of nitrogens with one attached hydrogen (secondary N) is 2. The van der Waals surface area contributed by atoms with Gasteiger partial charge in [-0.25, -0.2) is 9.59 Å². The Hall–Kier alpha value is -2.97. The maximum atomic E-state index is 12.5. The molecule has 0 spiro atoms. The van der Waals surface area contributed by atoms with Crippen molar-refractivity contribution in [2.75, 3.05) is 24.5 Å². The van der Waals surface area contributed by atoms with Gasteiger partial charge in [-0.2, -0.15) is 0 Å². The Kier molecular flexibility index (Phi) is 6.69. The number of carbonyl (C=O) groups excluding carboxylic acids is 2. The van der Waals surface area contributed by atoms with Crippen LogP contribution in [0.3, 0.4) is 0 Å². The zero-order valence-electron chi connectivity index (χ0n) is 15.8. The van der Waals surface area contributed by atoms with E-state index in [0.717, 1.165) is 18.8 Å². The second-order valence-electron chi connectivity index (χ2n) is 6.91. The van der Waals surface area contributed by atoms with E-state index in [0.29, 0.717) is 5.92 Å². The molecule has 1 aliphatic rings. The molecule has 1 saturated heterocycles. The molecule has 1 atom stereocenters. The molecule has 158 valence electrons. The van der Waals surface area contributed by atoms with Gasteiger partial charge < -0.3 is 26.4 Å². The van der Waals surface area contributed by atoms with E-state index in [1.54, 1.807) is 12.1 Å². The summed E-state index contributed by atoms with van der Waals surface area (Å²) in [5.41, 5.74) is 6.94. The predicted molar refractivity (Wildman–Crippen MR) is 114 cm³/mol. The van der Waals surface area contributed by atoms with Crippen molar-refractivity contribution in [3.05, 3.63) is 63.6 Å². The van der Waals surface area contributed by atoms with E-state index in [-0.39, 0.29) is 22.2 Å². The third-order valence-electron chi connectivity index (χ3n) is 4.86. The molecule has 0 aromatic heterocycles. The third-order valence-corrected chi connectivity index (χ3v) is 5.45. The van der Waals surface area contributed by atoms with Gasteiger partial charge in [0.15, 0.2) is 0 Å². The molecular formula is C20H20Cl2N4O4. The Bertz CT molecular complexity index is 942. The van der Waals surface area contributed by atoms with Crippen LogP contribution in [0.2, 0.25) is 10.0 Å². The number of amides is 3. The van der Waals surface area contributed by atoms with Gasteiger partial charge in [0, 0.05) is 24.7 Å². The minimum Gasteiger partial charge on any atom is -0.480 e. The van der Waals surface area contributed by atoms with Crippen LogP contribution in [0.15, 0.2) is 42.5 Å². The molecule has 3 amide bonds. The molecule has 0 radical (unpaired) electrons. The van der Waals surface area contributed by atoms with Crippen molar-refractivity contribution >= 4 is 46.8 Å². The number of carbonyl (C=O) groups is 3. The fourth-order valence-electron chi connectivity index (χ4n) is 3.22. The molecule has 2 aromatic rings. The van der Waals surface area contributed by atoms with Crippen molar-refractivity contribution in [3.63, 3.8) is 0 Å². The lowest BCUT2D eigenvalue weighted by Crippen LogP contribution is -2.49. The van der Waals surface area contributed by atoms with Gasteiger partial charge in [0.1, 0.15) is 6.04 Å². The molecule has 5 N–H and O–H groups in total. The zero-order chi connectivity index (χ0) is 21.8. The monoisotopic (exact) mass is 450 g/mol. The number of halogens is 2. The van der Waals surface area contributed by atoms with E-state index in [1.807, 2.05) is 18.2 Å². The van der Waals surface area contributed by atoms with Gasteiger partial charge in [0.25, 0.3) is 5.91 Å². The third kappa shape index (κ3) is 4.95. The smallest absolute Gasteiger partial charge is 0.328 e. The summed E-state index contributed by atoms with van der Waals surface area (Å²) in [7, 11) is 0. The fourth-order valence-corrected chi connectivity index (χ4v) is 3.87. The Labute approximate surface area is 182 Å². The van der Waals surface area contributed by atoms with Crippen LogP contribution >= 0.6 is 23.2 Å². The normalized spacial score (nSPS) is 14.5. The van der Waals surface area contributed by atoms with Gasteiger partial charge in [-0.3, -0.25) is 4.79 Å². The van der Waals surface area contributed by atoms with Crippen LogP contribution in [0, 0.1) is 0 Å². The first-order valence-corrected chi connectivity index (χ1v) is 9.87. The number of primary amides is 1. The maximum Gasteiger partial charge on any atom is 0.328 e. The number of carboxylic acid groups (broad SMARTS) is 1. The Morgan fingerprint density at radius 3 is 2.27 bits per heavy atom. The van der Waals surface area contributed by atoms with Crippen molar-refractivity contribution in [2.45, 2.75) is 12.0 Å². The van der Waals surface area contributed by atoms with Crippen molar-refractivity contribution in [3.8, 4) is 0 Å². The van der Waals surface area contributed by atoms with Crippen molar-refractivity contribution < 1.29 is 19.5 Å². The summed E-state index contributed by atoms with van der Waals surface area (Å²) in [6.07, 6.45) is 0. The topological polar surface area (TPSA) is 125 Å². The highest BCUT2D eigenvalue weighted by Crippen LogP contribution is 2.36. The van der Waals surface area contributed by atoms with Crippen LogP contribution in [0.25, 0.3) is 0 Å². The number of aliphatic carboxylic acids is 1. The summed E-state index contributed by atoms with van der Waals surface area (Å²) in [6.45, 7) is 1.21. The summed E-state index contributed by atoms with van der Waals surface area (Å²) in [5, 5.41) is 13.8. The maximum absolute atomic E-state index is 12.5. The van der Waals surface area contributed by atoms with Gasteiger partial charge in [-0.15, -0.1) is 0 Å². The molecule has 0 bridgehead atoms. The summed E-state index contributed by atoms with van der Waals surface area (Å²) < 4.78 is 0. The largest absolute Gasteiger partial charge is 0.480 e. The Balaban J connectivity index is 1.69. The lowest BCUT2D eigenvalue weighted by molar-refractivity contribution is -0.139. The molecule has 1 fully saturated rings. The van der Waals surface area contributed by atoms with Crippen molar-refractivity contribution in [1.29, 1.82) is 0 Å². The Morgan fingerprint density at radius 2 is 1.73 bits per heavy atom. The van der Waals surface area contributed by atoms with Gasteiger partial charge >= 0.3 is 12.0 Å². The lowest BCUT2D eigenvalue weighted by Gasteiger charge is -2.41. The second-order valence-corrected chi connectivity index (χ2v) is 7.72. The molecule has 0 aliphatic carbocycles. The first-order chi connectivity index (χ1) is 14.3. The highest BCUT2D eigenvalue weighted by Gasteiger charge is 2.30. The lowest BCUT2D eigenvalue weighted by atomic mass is 9.91. The van der Waals surface area contributed by atoms with E-state index in [4.69, 9.17) is 28.9 Å². The number of rotatable bonds is 7. The highest BCUT2D eigenvalue weighted by molar-refractivity contribution is 6.40. The van der Waals surface area contributed by atoms with Crippen LogP contribution in [0.1, 0.15) is 21.8 Å². The minimum absolute atomic E-state index is 0.0347. The van der Waals surface area contributed by atoms with Crippen LogP contribution in [0.5, 0.6) is 0 Å². The highest BCUT2D eigenvalue weighted by atomic mass is 35.5. The van der Waals surface area contributed by atoms with Crippen LogP contribution in [0.4, 0.5) is 10.5 Å². The molecule has 3 rings (SSSR count). The molecule has 1 aliphatic heterocycles. The number of urea groups is 1. The number of nitrogens with zero attached hydrogens (tertiary/aromatic N) is 1. The molecule has 10 heteroatoms. The standard InChI is InChI=1S/C20H20Cl2N4O4/c21-14-6-13(26-9-12(10-26)11-4-2-1-3-5-11)7-15(22)17(14)18(27)25-16(19(28)29)8-24-20(23)30/h1-7,12,16H,8-10H2,(H,25,27)(H,28,29)(H3,23,24,30)/t16-/m0/s1. The van der Waals surface area contributed by atoms with Gasteiger partial charge in [-0.1, -0.05) is 53.5 Å². The summed E-state index contributed by atoms with van der Waals surface area (Å²) in [6, 6.07) is 11.1. The molecule has 0 saturated carbocycles. The second kappa shape index (κ2) is 9.23. The molecule has 2 aromatic carbocycles. The zero-order valence-corrected chi connectivity index (χ0v) is 17.3. The number of carboxylic acids is 1. The van der Waals surface area contributed by atoms with Gasteiger partial charge in [0.2, 0.25) is 0 Å². The van der Waals surface area contributed by atoms with Crippen molar-refractivity contribution in [1.82, 2.24) is 10.6 Å². The van der Waals surface area contributed by atoms with Crippen molar-refractivity contribution in [2.24, 2.45) is 5.73 Å². The number of anilines is 1. The summed E-state index contributed by atoms with van der Waals surface area (Å²) in [4.78, 5) is 36.7. The molecule has 30 heavy (non-hydrogen) atoms. The SMILES string of the molecule is NC(=O)NC[C@H](NC(=O)c1c(Cl)cc(N2CC(c3ccccc3)C2)cc1Cl)C(=O)O. The average Bonchev–Trinajstić information content (AvgIpc) is 2.64. The minimum atomic E-state index is -1.39. The van der Waals surface area contributed by atoms with Gasteiger partial charge in [-0.05, 0) is 17.7 Å². The van der Waals surface area contributed by atoms with Crippen LogP contribution in [-0.4, -0.2) is 48.7 Å². The average molecular weight is 451 g/mol. The number of hydrogen-bond donors (Lipinski definition) is 4. The molecule has 1 heterocycles. The molecule has 8 nitrogen and oxygen atoms in total. The van der Waals surface area contributed by atoms with E-state index >= 15 is 0 Å². The fraction of sp³-hybridized carbons (Fsp3) is 0.250. The number of nitrogens with two attached hydrogens (primary N) is 1. The van der Waals surface area contributed by atoms with Crippen LogP contribution < -0.4 is 21.3 Å². The molecular weight excluding hydrogens is 431 g/mol. The number of hydrogen-bond acceptors (Lipinski definition) is 4.